The number of nitrogens with zero attached hydrogens (tertiary/aromatic N) is 1. The highest BCUT2D eigenvalue weighted by atomic mass is 16.5. The molecule has 0 amide bonds. The Balaban J connectivity index is 1.74. The van der Waals surface area contributed by atoms with Gasteiger partial charge in [0.1, 0.15) is 6.04 Å². The van der Waals surface area contributed by atoms with Crippen LogP contribution in [0.2, 0.25) is 0 Å². The van der Waals surface area contributed by atoms with E-state index in [1.165, 1.54) is 0 Å². The SMILES string of the molecule is O=C1OCCC1N1CCC(OCCO)CC1. The second-order valence-corrected chi connectivity index (χ2v) is 4.30. The van der Waals surface area contributed by atoms with Crippen molar-refractivity contribution in [1.29, 1.82) is 0 Å². The van der Waals surface area contributed by atoms with Crippen molar-refractivity contribution in [3.05, 3.63) is 0 Å². The lowest BCUT2D eigenvalue weighted by atomic mass is 10.0. The zero-order valence-electron chi connectivity index (χ0n) is 9.43. The van der Waals surface area contributed by atoms with Gasteiger partial charge in [-0.1, -0.05) is 0 Å². The van der Waals surface area contributed by atoms with Crippen LogP contribution in [0.5, 0.6) is 0 Å². The molecule has 2 heterocycles. The molecule has 2 rings (SSSR count). The summed E-state index contributed by atoms with van der Waals surface area (Å²) in [4.78, 5) is 13.6. The van der Waals surface area contributed by atoms with Crippen LogP contribution in [-0.4, -0.2) is 61.0 Å². The van der Waals surface area contributed by atoms with E-state index in [-0.39, 0.29) is 24.7 Å². The third-order valence-corrected chi connectivity index (χ3v) is 3.27. The molecule has 5 nitrogen and oxygen atoms in total. The Morgan fingerprint density at radius 1 is 1.38 bits per heavy atom. The maximum absolute atomic E-state index is 11.4. The number of carbonyl (C=O) groups is 1. The molecule has 0 radical (unpaired) electrons. The molecular weight excluding hydrogens is 210 g/mol. The Hall–Kier alpha value is -0.650. The summed E-state index contributed by atoms with van der Waals surface area (Å²) < 4.78 is 10.4. The van der Waals surface area contributed by atoms with Crippen molar-refractivity contribution in [1.82, 2.24) is 4.90 Å². The minimum Gasteiger partial charge on any atom is -0.464 e. The first-order valence-electron chi connectivity index (χ1n) is 5.94. The largest absolute Gasteiger partial charge is 0.464 e. The van der Waals surface area contributed by atoms with Crippen molar-refractivity contribution in [3.8, 4) is 0 Å². The van der Waals surface area contributed by atoms with Gasteiger partial charge in [0.05, 0.1) is 25.9 Å². The predicted octanol–water partition coefficient (Wildman–Crippen LogP) is -0.225. The van der Waals surface area contributed by atoms with Crippen molar-refractivity contribution in [2.45, 2.75) is 31.4 Å². The van der Waals surface area contributed by atoms with Crippen LogP contribution in [0.4, 0.5) is 0 Å². The lowest BCUT2D eigenvalue weighted by molar-refractivity contribution is -0.143. The number of hydrogen-bond acceptors (Lipinski definition) is 5. The van der Waals surface area contributed by atoms with Crippen LogP contribution in [0.3, 0.4) is 0 Å². The summed E-state index contributed by atoms with van der Waals surface area (Å²) in [5.41, 5.74) is 0. The summed E-state index contributed by atoms with van der Waals surface area (Å²) in [5.74, 6) is -0.0743. The number of cyclic esters (lactones) is 1. The van der Waals surface area contributed by atoms with Crippen LogP contribution in [0.15, 0.2) is 0 Å². The van der Waals surface area contributed by atoms with Gasteiger partial charge in [0.15, 0.2) is 0 Å². The summed E-state index contributed by atoms with van der Waals surface area (Å²) in [5, 5.41) is 8.66. The van der Waals surface area contributed by atoms with Crippen molar-refractivity contribution in [2.75, 3.05) is 32.9 Å². The monoisotopic (exact) mass is 229 g/mol. The fraction of sp³-hybridized carbons (Fsp3) is 0.909. The highest BCUT2D eigenvalue weighted by molar-refractivity contribution is 5.77. The zero-order valence-corrected chi connectivity index (χ0v) is 9.43. The van der Waals surface area contributed by atoms with Gasteiger partial charge in [-0.05, 0) is 12.8 Å². The number of likely N-dealkylation sites (tertiary alicyclic amines) is 1. The van der Waals surface area contributed by atoms with Gasteiger partial charge in [0.2, 0.25) is 0 Å². The molecule has 16 heavy (non-hydrogen) atoms. The normalized spacial score (nSPS) is 28.3. The van der Waals surface area contributed by atoms with Gasteiger partial charge >= 0.3 is 5.97 Å². The molecule has 92 valence electrons. The molecule has 0 saturated carbocycles. The average molecular weight is 229 g/mol. The minimum atomic E-state index is -0.0743. The van der Waals surface area contributed by atoms with Gasteiger partial charge < -0.3 is 14.6 Å². The smallest absolute Gasteiger partial charge is 0.323 e. The molecule has 0 aromatic carbocycles. The molecule has 1 atom stereocenters. The first kappa shape index (κ1) is 11.8. The van der Waals surface area contributed by atoms with E-state index in [9.17, 15) is 4.79 Å². The molecule has 0 aromatic rings. The Morgan fingerprint density at radius 2 is 2.12 bits per heavy atom. The van der Waals surface area contributed by atoms with Gasteiger partial charge in [-0.3, -0.25) is 9.69 Å². The third-order valence-electron chi connectivity index (χ3n) is 3.27. The molecule has 2 saturated heterocycles. The standard InChI is InChI=1S/C11H19NO4/c13-6-8-15-9-1-4-12(5-2-9)10-3-7-16-11(10)14/h9-10,13H,1-8H2. The second-order valence-electron chi connectivity index (χ2n) is 4.30. The van der Waals surface area contributed by atoms with Crippen LogP contribution in [0, 0.1) is 0 Å². The maximum Gasteiger partial charge on any atom is 0.323 e. The van der Waals surface area contributed by atoms with E-state index in [2.05, 4.69) is 4.90 Å². The van der Waals surface area contributed by atoms with Crippen molar-refractivity contribution < 1.29 is 19.4 Å². The van der Waals surface area contributed by atoms with E-state index in [0.29, 0.717) is 13.2 Å². The Kier molecular flexibility index (Phi) is 4.15. The highest BCUT2D eigenvalue weighted by Crippen LogP contribution is 2.20. The predicted molar refractivity (Wildman–Crippen MR) is 57.0 cm³/mol. The third kappa shape index (κ3) is 2.72. The molecule has 0 aromatic heterocycles. The molecule has 0 bridgehead atoms. The molecule has 0 spiro atoms. The summed E-state index contributed by atoms with van der Waals surface area (Å²) >= 11 is 0. The molecular formula is C11H19NO4. The van der Waals surface area contributed by atoms with Crippen LogP contribution in [0.1, 0.15) is 19.3 Å². The number of rotatable bonds is 4. The topological polar surface area (TPSA) is 59.0 Å². The fourth-order valence-electron chi connectivity index (χ4n) is 2.39. The zero-order chi connectivity index (χ0) is 11.4. The summed E-state index contributed by atoms with van der Waals surface area (Å²) in [6.45, 7) is 2.82. The molecule has 0 aliphatic carbocycles. The van der Waals surface area contributed by atoms with Gasteiger partial charge in [-0.2, -0.15) is 0 Å². The van der Waals surface area contributed by atoms with Gasteiger partial charge in [-0.15, -0.1) is 0 Å². The number of piperidine rings is 1. The highest BCUT2D eigenvalue weighted by Gasteiger charge is 2.34. The minimum absolute atomic E-state index is 0.0289. The van der Waals surface area contributed by atoms with E-state index in [1.807, 2.05) is 0 Å². The van der Waals surface area contributed by atoms with Gasteiger partial charge in [0.25, 0.3) is 0 Å². The molecule has 1 N–H and O–H groups in total. The van der Waals surface area contributed by atoms with Crippen molar-refractivity contribution in [3.63, 3.8) is 0 Å². The summed E-state index contributed by atoms with van der Waals surface area (Å²) in [7, 11) is 0. The Labute approximate surface area is 95.3 Å². The number of aliphatic hydroxyl groups is 1. The molecule has 2 aliphatic rings. The number of carbonyl (C=O) groups excluding carboxylic acids is 1. The quantitative estimate of drug-likeness (QED) is 0.675. The lowest BCUT2D eigenvalue weighted by Crippen LogP contribution is -2.45. The van der Waals surface area contributed by atoms with Crippen molar-refractivity contribution in [2.24, 2.45) is 0 Å². The van der Waals surface area contributed by atoms with E-state index >= 15 is 0 Å². The molecule has 2 aliphatic heterocycles. The number of hydrogen-bond donors (Lipinski definition) is 1. The molecule has 2 fully saturated rings. The summed E-state index contributed by atoms with van der Waals surface area (Å²) in [6.07, 6.45) is 2.93. The average Bonchev–Trinajstić information content (AvgIpc) is 2.74. The number of esters is 1. The van der Waals surface area contributed by atoms with Crippen LogP contribution < -0.4 is 0 Å². The van der Waals surface area contributed by atoms with E-state index in [1.54, 1.807) is 0 Å². The van der Waals surface area contributed by atoms with E-state index < -0.39 is 0 Å². The number of aliphatic hydroxyl groups excluding tert-OH is 1. The van der Waals surface area contributed by atoms with E-state index in [4.69, 9.17) is 14.6 Å². The summed E-state index contributed by atoms with van der Waals surface area (Å²) in [6, 6.07) is -0.0289. The first-order valence-corrected chi connectivity index (χ1v) is 5.94. The lowest BCUT2D eigenvalue weighted by Gasteiger charge is -2.33. The Morgan fingerprint density at radius 3 is 2.69 bits per heavy atom. The van der Waals surface area contributed by atoms with Crippen molar-refractivity contribution >= 4 is 5.97 Å². The maximum atomic E-state index is 11.4. The van der Waals surface area contributed by atoms with Crippen LogP contribution >= 0.6 is 0 Å². The van der Waals surface area contributed by atoms with Crippen LogP contribution in [-0.2, 0) is 14.3 Å². The van der Waals surface area contributed by atoms with Crippen LogP contribution in [0.25, 0.3) is 0 Å². The first-order chi connectivity index (χ1) is 7.81. The van der Waals surface area contributed by atoms with E-state index in [0.717, 1.165) is 32.4 Å². The molecule has 5 heteroatoms. The Bertz CT molecular complexity index is 238. The molecule has 1 unspecified atom stereocenters. The number of ether oxygens (including phenoxy) is 2. The second kappa shape index (κ2) is 5.61. The fourth-order valence-corrected chi connectivity index (χ4v) is 2.39. The van der Waals surface area contributed by atoms with Gasteiger partial charge in [0, 0.05) is 19.5 Å². The van der Waals surface area contributed by atoms with Gasteiger partial charge in [-0.25, -0.2) is 0 Å².